The first-order valence-corrected chi connectivity index (χ1v) is 8.88. The Bertz CT molecular complexity index is 862. The molecule has 142 valence electrons. The predicted molar refractivity (Wildman–Crippen MR) is 99.9 cm³/mol. The van der Waals surface area contributed by atoms with E-state index in [2.05, 4.69) is 0 Å². The number of ether oxygens (including phenoxy) is 3. The molecule has 0 fully saturated rings. The van der Waals surface area contributed by atoms with Gasteiger partial charge >= 0.3 is 5.97 Å². The van der Waals surface area contributed by atoms with E-state index in [9.17, 15) is 9.59 Å². The Balaban J connectivity index is 1.58. The number of nitrogens with zero attached hydrogens (tertiary/aromatic N) is 1. The van der Waals surface area contributed by atoms with Crippen molar-refractivity contribution in [1.82, 2.24) is 4.90 Å². The molecule has 0 bridgehead atoms. The van der Waals surface area contributed by atoms with Crippen LogP contribution in [0.25, 0.3) is 0 Å². The molecule has 1 aliphatic rings. The number of hydrogen-bond acceptors (Lipinski definition) is 5. The Morgan fingerprint density at radius 3 is 2.56 bits per heavy atom. The number of aryl methyl sites for hydroxylation is 2. The van der Waals surface area contributed by atoms with Gasteiger partial charge in [0.2, 0.25) is 6.79 Å². The summed E-state index contributed by atoms with van der Waals surface area (Å²) in [5, 5.41) is 0. The summed E-state index contributed by atoms with van der Waals surface area (Å²) in [6.45, 7) is 6.64. The molecule has 0 N–H and O–H groups in total. The van der Waals surface area contributed by atoms with Crippen molar-refractivity contribution >= 4 is 11.9 Å². The van der Waals surface area contributed by atoms with E-state index < -0.39 is 5.97 Å². The van der Waals surface area contributed by atoms with Gasteiger partial charge in [-0.1, -0.05) is 12.1 Å². The van der Waals surface area contributed by atoms with Gasteiger partial charge in [-0.2, -0.15) is 0 Å². The molecular weight excluding hydrogens is 346 g/mol. The zero-order valence-corrected chi connectivity index (χ0v) is 15.8. The topological polar surface area (TPSA) is 65.1 Å². The SMILES string of the molecule is CCN(Cc1ccc2c(c1)OCO2)C(=O)COC(=O)c1ccc(C)c(C)c1. The minimum Gasteiger partial charge on any atom is -0.454 e. The third-order valence-electron chi connectivity index (χ3n) is 4.61. The van der Waals surface area contributed by atoms with Crippen LogP contribution in [0.5, 0.6) is 11.5 Å². The lowest BCUT2D eigenvalue weighted by molar-refractivity contribution is -0.134. The predicted octanol–water partition coefficient (Wildman–Crippen LogP) is 3.24. The van der Waals surface area contributed by atoms with Crippen LogP contribution in [-0.2, 0) is 16.1 Å². The Morgan fingerprint density at radius 2 is 1.81 bits per heavy atom. The van der Waals surface area contributed by atoms with E-state index in [0.717, 1.165) is 16.7 Å². The number of rotatable bonds is 6. The highest BCUT2D eigenvalue weighted by Gasteiger charge is 2.18. The number of benzene rings is 2. The molecule has 0 spiro atoms. The van der Waals surface area contributed by atoms with Crippen molar-refractivity contribution in [1.29, 1.82) is 0 Å². The van der Waals surface area contributed by atoms with Gasteiger partial charge in [-0.05, 0) is 61.7 Å². The molecule has 6 nitrogen and oxygen atoms in total. The fourth-order valence-corrected chi connectivity index (χ4v) is 2.81. The Hall–Kier alpha value is -3.02. The Kier molecular flexibility index (Phi) is 5.64. The van der Waals surface area contributed by atoms with Crippen LogP contribution in [-0.4, -0.2) is 36.7 Å². The molecule has 1 heterocycles. The van der Waals surface area contributed by atoms with Crippen LogP contribution in [0.2, 0.25) is 0 Å². The molecule has 3 rings (SSSR count). The summed E-state index contributed by atoms with van der Waals surface area (Å²) in [4.78, 5) is 26.3. The zero-order valence-electron chi connectivity index (χ0n) is 15.8. The molecule has 2 aromatic rings. The van der Waals surface area contributed by atoms with Gasteiger partial charge in [0.15, 0.2) is 18.1 Å². The summed E-state index contributed by atoms with van der Waals surface area (Å²) in [7, 11) is 0. The molecule has 0 radical (unpaired) electrons. The van der Waals surface area contributed by atoms with Crippen molar-refractivity contribution in [3.63, 3.8) is 0 Å². The van der Waals surface area contributed by atoms with Crippen LogP contribution >= 0.6 is 0 Å². The first-order valence-electron chi connectivity index (χ1n) is 8.88. The largest absolute Gasteiger partial charge is 0.454 e. The third-order valence-corrected chi connectivity index (χ3v) is 4.61. The van der Waals surface area contributed by atoms with Gasteiger partial charge in [-0.25, -0.2) is 4.79 Å². The normalized spacial score (nSPS) is 12.0. The van der Waals surface area contributed by atoms with E-state index in [4.69, 9.17) is 14.2 Å². The van der Waals surface area contributed by atoms with Crippen LogP contribution in [0, 0.1) is 13.8 Å². The van der Waals surface area contributed by atoms with Crippen LogP contribution < -0.4 is 9.47 Å². The second-order valence-corrected chi connectivity index (χ2v) is 6.47. The molecule has 1 aliphatic heterocycles. The average Bonchev–Trinajstić information content (AvgIpc) is 3.13. The van der Waals surface area contributed by atoms with E-state index in [-0.39, 0.29) is 19.3 Å². The number of fused-ring (bicyclic) bond motifs is 1. The van der Waals surface area contributed by atoms with E-state index in [1.807, 2.05) is 45.0 Å². The summed E-state index contributed by atoms with van der Waals surface area (Å²) in [6, 6.07) is 10.9. The molecule has 2 aromatic carbocycles. The maximum atomic E-state index is 12.5. The van der Waals surface area contributed by atoms with Gasteiger partial charge in [0.1, 0.15) is 0 Å². The highest BCUT2D eigenvalue weighted by Crippen LogP contribution is 2.32. The number of carbonyl (C=O) groups is 2. The minimum absolute atomic E-state index is 0.212. The van der Waals surface area contributed by atoms with Crippen LogP contribution in [0.3, 0.4) is 0 Å². The summed E-state index contributed by atoms with van der Waals surface area (Å²) >= 11 is 0. The number of esters is 1. The van der Waals surface area contributed by atoms with Gasteiger partial charge in [-0.3, -0.25) is 4.79 Å². The lowest BCUT2D eigenvalue weighted by Gasteiger charge is -2.21. The first-order chi connectivity index (χ1) is 13.0. The molecule has 6 heteroatoms. The third kappa shape index (κ3) is 4.39. The Morgan fingerprint density at radius 1 is 1.04 bits per heavy atom. The lowest BCUT2D eigenvalue weighted by atomic mass is 10.1. The highest BCUT2D eigenvalue weighted by molar-refractivity contribution is 5.91. The van der Waals surface area contributed by atoms with Gasteiger partial charge < -0.3 is 19.1 Å². The number of likely N-dealkylation sites (N-methyl/N-ethyl adjacent to an activating group) is 1. The quantitative estimate of drug-likeness (QED) is 0.732. The van der Waals surface area contributed by atoms with Gasteiger partial charge in [0.25, 0.3) is 5.91 Å². The smallest absolute Gasteiger partial charge is 0.338 e. The molecule has 0 saturated carbocycles. The van der Waals surface area contributed by atoms with E-state index in [0.29, 0.717) is 30.2 Å². The van der Waals surface area contributed by atoms with Crippen molar-refractivity contribution < 1.29 is 23.8 Å². The summed E-state index contributed by atoms with van der Waals surface area (Å²) in [5.41, 5.74) is 3.48. The lowest BCUT2D eigenvalue weighted by Crippen LogP contribution is -2.34. The molecule has 0 saturated heterocycles. The fraction of sp³-hybridized carbons (Fsp3) is 0.333. The minimum atomic E-state index is -0.495. The van der Waals surface area contributed by atoms with E-state index in [1.54, 1.807) is 17.0 Å². The van der Waals surface area contributed by atoms with Crippen molar-refractivity contribution in [3.05, 3.63) is 58.7 Å². The maximum absolute atomic E-state index is 12.5. The second-order valence-electron chi connectivity index (χ2n) is 6.47. The van der Waals surface area contributed by atoms with Crippen molar-refractivity contribution in [2.24, 2.45) is 0 Å². The number of hydrogen-bond donors (Lipinski definition) is 0. The molecule has 27 heavy (non-hydrogen) atoms. The van der Waals surface area contributed by atoms with Crippen LogP contribution in [0.15, 0.2) is 36.4 Å². The van der Waals surface area contributed by atoms with Gasteiger partial charge in [0.05, 0.1) is 5.56 Å². The monoisotopic (exact) mass is 369 g/mol. The van der Waals surface area contributed by atoms with E-state index in [1.165, 1.54) is 0 Å². The summed E-state index contributed by atoms with van der Waals surface area (Å²) in [6.07, 6.45) is 0. The number of carbonyl (C=O) groups excluding carboxylic acids is 2. The summed E-state index contributed by atoms with van der Waals surface area (Å²) in [5.74, 6) is 0.644. The van der Waals surface area contributed by atoms with Crippen molar-refractivity contribution in [2.45, 2.75) is 27.3 Å². The molecule has 1 amide bonds. The number of amides is 1. The molecule has 0 aromatic heterocycles. The molecule has 0 atom stereocenters. The van der Waals surface area contributed by atoms with E-state index >= 15 is 0 Å². The molecule has 0 unspecified atom stereocenters. The molecule has 0 aliphatic carbocycles. The van der Waals surface area contributed by atoms with Gasteiger partial charge in [0, 0.05) is 13.1 Å². The second kappa shape index (κ2) is 8.12. The maximum Gasteiger partial charge on any atom is 0.338 e. The zero-order chi connectivity index (χ0) is 19.4. The highest BCUT2D eigenvalue weighted by atomic mass is 16.7. The van der Waals surface area contributed by atoms with Crippen LogP contribution in [0.4, 0.5) is 0 Å². The van der Waals surface area contributed by atoms with Crippen LogP contribution in [0.1, 0.15) is 34.0 Å². The van der Waals surface area contributed by atoms with Gasteiger partial charge in [-0.15, -0.1) is 0 Å². The Labute approximate surface area is 158 Å². The standard InChI is InChI=1S/C21H23NO5/c1-4-22(11-16-6-8-18-19(10-16)27-13-26-18)20(23)12-25-21(24)17-7-5-14(2)15(3)9-17/h5-10H,4,11-13H2,1-3H3. The van der Waals surface area contributed by atoms with Crippen molar-refractivity contribution in [3.8, 4) is 11.5 Å². The first kappa shape index (κ1) is 18.8. The fourth-order valence-electron chi connectivity index (χ4n) is 2.81. The average molecular weight is 369 g/mol. The molecular formula is C21H23NO5. The van der Waals surface area contributed by atoms with Crippen molar-refractivity contribution in [2.75, 3.05) is 19.9 Å². The summed E-state index contributed by atoms with van der Waals surface area (Å²) < 4.78 is 15.9.